The Hall–Kier alpha value is -3.40. The van der Waals surface area contributed by atoms with Gasteiger partial charge in [-0.05, 0) is 48.5 Å². The Morgan fingerprint density at radius 2 is 1.60 bits per heavy atom. The molecule has 35 heavy (non-hydrogen) atoms. The number of para-hydroxylation sites is 2. The van der Waals surface area contributed by atoms with Crippen LogP contribution in [0.15, 0.2) is 82.6 Å². The van der Waals surface area contributed by atoms with Crippen molar-refractivity contribution in [2.24, 2.45) is 0 Å². The second kappa shape index (κ2) is 8.99. The van der Waals surface area contributed by atoms with E-state index in [0.29, 0.717) is 23.1 Å². The topological polar surface area (TPSA) is 78.4 Å². The number of rotatable bonds is 3. The zero-order valence-electron chi connectivity index (χ0n) is 18.2. The van der Waals surface area contributed by atoms with Crippen molar-refractivity contribution < 1.29 is 9.59 Å². The Morgan fingerprint density at radius 1 is 0.943 bits per heavy atom. The maximum absolute atomic E-state index is 13.4. The van der Waals surface area contributed by atoms with E-state index in [0.717, 1.165) is 31.9 Å². The first-order valence-corrected chi connectivity index (χ1v) is 12.9. The van der Waals surface area contributed by atoms with Gasteiger partial charge in [0.2, 0.25) is 11.0 Å². The Labute approximate surface area is 214 Å². The highest BCUT2D eigenvalue weighted by Crippen LogP contribution is 2.48. The third-order valence-corrected chi connectivity index (χ3v) is 8.29. The molecule has 0 aliphatic carbocycles. The molecular formula is C25H18ClN5O2S2. The van der Waals surface area contributed by atoms with Crippen molar-refractivity contribution in [1.82, 2.24) is 10.2 Å². The van der Waals surface area contributed by atoms with Gasteiger partial charge in [0.15, 0.2) is 0 Å². The number of hydrogen-bond acceptors (Lipinski definition) is 6. The van der Waals surface area contributed by atoms with Gasteiger partial charge in [0.25, 0.3) is 0 Å². The van der Waals surface area contributed by atoms with E-state index in [2.05, 4.69) is 15.5 Å². The molecule has 1 fully saturated rings. The van der Waals surface area contributed by atoms with Crippen molar-refractivity contribution in [3.8, 4) is 0 Å². The summed E-state index contributed by atoms with van der Waals surface area (Å²) in [5, 5.41) is 13.1. The van der Waals surface area contributed by atoms with E-state index < -0.39 is 0 Å². The number of halogens is 1. The summed E-state index contributed by atoms with van der Waals surface area (Å²) < 4.78 is 0. The van der Waals surface area contributed by atoms with Crippen LogP contribution in [-0.2, 0) is 4.79 Å². The van der Waals surface area contributed by atoms with Gasteiger partial charge in [-0.2, -0.15) is 0 Å². The van der Waals surface area contributed by atoms with E-state index in [1.165, 1.54) is 11.3 Å². The number of fused-ring (bicyclic) bond motifs is 2. The molecule has 4 aromatic rings. The highest BCUT2D eigenvalue weighted by Gasteiger charge is 2.34. The van der Waals surface area contributed by atoms with E-state index in [9.17, 15) is 9.59 Å². The Kier molecular flexibility index (Phi) is 5.68. The smallest absolute Gasteiger partial charge is 0.312 e. The van der Waals surface area contributed by atoms with E-state index in [4.69, 9.17) is 11.6 Å². The quantitative estimate of drug-likeness (QED) is 0.332. The van der Waals surface area contributed by atoms with E-state index >= 15 is 0 Å². The molecule has 0 spiro atoms. The number of hydrogen-bond donors (Lipinski definition) is 1. The van der Waals surface area contributed by atoms with Crippen LogP contribution in [0.5, 0.6) is 0 Å². The van der Waals surface area contributed by atoms with Gasteiger partial charge >= 0.3 is 6.03 Å². The van der Waals surface area contributed by atoms with Crippen LogP contribution in [0.1, 0.15) is 17.3 Å². The van der Waals surface area contributed by atoms with E-state index in [-0.39, 0.29) is 17.9 Å². The number of benzene rings is 3. The predicted molar refractivity (Wildman–Crippen MR) is 139 cm³/mol. The number of nitrogens with one attached hydrogen (secondary N) is 1. The minimum absolute atomic E-state index is 0.0251. The molecule has 1 atom stereocenters. The lowest BCUT2D eigenvalue weighted by Gasteiger charge is -2.30. The van der Waals surface area contributed by atoms with Gasteiger partial charge < -0.3 is 4.90 Å². The summed E-state index contributed by atoms with van der Waals surface area (Å²) in [4.78, 5) is 31.5. The van der Waals surface area contributed by atoms with Crippen LogP contribution in [0.25, 0.3) is 0 Å². The molecular weight excluding hydrogens is 502 g/mol. The Balaban J connectivity index is 1.21. The van der Waals surface area contributed by atoms with Crippen molar-refractivity contribution >= 4 is 68.8 Å². The highest BCUT2D eigenvalue weighted by molar-refractivity contribution is 7.99. The minimum atomic E-state index is -0.307. The summed E-state index contributed by atoms with van der Waals surface area (Å²) in [7, 11) is 0. The molecule has 1 aromatic heterocycles. The van der Waals surface area contributed by atoms with Gasteiger partial charge in [-0.3, -0.25) is 15.0 Å². The number of urea groups is 1. The standard InChI is InChI=1S/C25H18ClN5O2S2/c26-16-9-11-17(12-10-16)30-14-15(13-22(30)32)23-28-29-24(35-23)27-25(33)31-18-5-1-3-7-20(18)34-21-8-4-2-6-19(21)31/h1-12,15H,13-14H2,(H,27,29,33). The second-order valence-electron chi connectivity index (χ2n) is 8.13. The molecule has 0 bridgehead atoms. The first-order valence-electron chi connectivity index (χ1n) is 10.9. The van der Waals surface area contributed by atoms with Crippen LogP contribution in [0, 0.1) is 0 Å². The summed E-state index contributed by atoms with van der Waals surface area (Å²) in [5.74, 6) is -0.0636. The lowest BCUT2D eigenvalue weighted by molar-refractivity contribution is -0.117. The molecule has 1 unspecified atom stereocenters. The van der Waals surface area contributed by atoms with Crippen molar-refractivity contribution in [2.45, 2.75) is 22.1 Å². The maximum Gasteiger partial charge on any atom is 0.332 e. The highest BCUT2D eigenvalue weighted by atomic mass is 35.5. The molecule has 10 heteroatoms. The van der Waals surface area contributed by atoms with Crippen LogP contribution >= 0.6 is 34.7 Å². The fourth-order valence-corrected chi connectivity index (χ4v) is 6.27. The summed E-state index contributed by atoms with van der Waals surface area (Å²) in [6, 6.07) is 22.5. The lowest BCUT2D eigenvalue weighted by atomic mass is 10.1. The summed E-state index contributed by atoms with van der Waals surface area (Å²) >= 11 is 8.92. The Bertz CT molecular complexity index is 1400. The van der Waals surface area contributed by atoms with Crippen molar-refractivity contribution in [3.05, 3.63) is 82.8 Å². The van der Waals surface area contributed by atoms with Crippen LogP contribution in [0.4, 0.5) is 27.0 Å². The van der Waals surface area contributed by atoms with Gasteiger partial charge in [-0.15, -0.1) is 10.2 Å². The van der Waals surface area contributed by atoms with Crippen LogP contribution < -0.4 is 15.1 Å². The predicted octanol–water partition coefficient (Wildman–Crippen LogP) is 6.55. The summed E-state index contributed by atoms with van der Waals surface area (Å²) in [5.41, 5.74) is 2.44. The van der Waals surface area contributed by atoms with Crippen molar-refractivity contribution in [3.63, 3.8) is 0 Å². The number of nitrogens with zero attached hydrogens (tertiary/aromatic N) is 4. The fraction of sp³-hybridized carbons (Fsp3) is 0.120. The molecule has 3 heterocycles. The van der Waals surface area contributed by atoms with E-state index in [1.54, 1.807) is 33.7 Å². The molecule has 0 saturated carbocycles. The Morgan fingerprint density at radius 3 is 2.29 bits per heavy atom. The average molecular weight is 520 g/mol. The minimum Gasteiger partial charge on any atom is -0.312 e. The van der Waals surface area contributed by atoms with Crippen LogP contribution in [-0.4, -0.2) is 28.7 Å². The molecule has 2 aliphatic heterocycles. The third-order valence-electron chi connectivity index (χ3n) is 5.90. The fourth-order valence-electron chi connectivity index (χ4n) is 4.26. The number of carbonyl (C=O) groups is 2. The largest absolute Gasteiger partial charge is 0.332 e. The number of amides is 3. The molecule has 1 N–H and O–H groups in total. The number of aromatic nitrogens is 2. The SMILES string of the molecule is O=C1CC(c2nnc(NC(=O)N3c4ccccc4Sc4ccccc43)s2)CN1c1ccc(Cl)cc1. The normalized spacial score (nSPS) is 16.7. The molecule has 3 amide bonds. The first-order chi connectivity index (χ1) is 17.1. The first kappa shape index (κ1) is 22.1. The zero-order valence-corrected chi connectivity index (χ0v) is 20.6. The number of carbonyl (C=O) groups excluding carboxylic acids is 2. The van der Waals surface area contributed by atoms with Crippen LogP contribution in [0.2, 0.25) is 5.02 Å². The van der Waals surface area contributed by atoms with Gasteiger partial charge in [-0.1, -0.05) is 59.0 Å². The van der Waals surface area contributed by atoms with Gasteiger partial charge in [0.1, 0.15) is 5.01 Å². The molecule has 174 valence electrons. The maximum atomic E-state index is 13.4. The molecule has 0 radical (unpaired) electrons. The average Bonchev–Trinajstić information content (AvgIpc) is 3.49. The summed E-state index contributed by atoms with van der Waals surface area (Å²) in [6.45, 7) is 0.507. The number of anilines is 4. The monoisotopic (exact) mass is 519 g/mol. The molecule has 2 aliphatic rings. The molecule has 6 rings (SSSR count). The van der Waals surface area contributed by atoms with Gasteiger partial charge in [-0.25, -0.2) is 4.79 Å². The van der Waals surface area contributed by atoms with Crippen molar-refractivity contribution in [1.29, 1.82) is 0 Å². The summed E-state index contributed by atoms with van der Waals surface area (Å²) in [6.07, 6.45) is 0.343. The third kappa shape index (κ3) is 4.16. The second-order valence-corrected chi connectivity index (χ2v) is 10.7. The van der Waals surface area contributed by atoms with Gasteiger partial charge in [0.05, 0.1) is 11.4 Å². The molecule has 3 aromatic carbocycles. The van der Waals surface area contributed by atoms with E-state index in [1.807, 2.05) is 60.7 Å². The van der Waals surface area contributed by atoms with Crippen molar-refractivity contribution in [2.75, 3.05) is 21.7 Å². The molecule has 1 saturated heterocycles. The zero-order chi connectivity index (χ0) is 23.9. The lowest BCUT2D eigenvalue weighted by Crippen LogP contribution is -2.32. The van der Waals surface area contributed by atoms with Crippen LogP contribution in [0.3, 0.4) is 0 Å². The van der Waals surface area contributed by atoms with Gasteiger partial charge in [0, 0.05) is 39.4 Å². The molecule has 7 nitrogen and oxygen atoms in total.